The summed E-state index contributed by atoms with van der Waals surface area (Å²) >= 11 is 0. The van der Waals surface area contributed by atoms with Crippen LogP contribution in [0.1, 0.15) is 19.3 Å². The van der Waals surface area contributed by atoms with E-state index in [9.17, 15) is 4.79 Å². The van der Waals surface area contributed by atoms with Crippen molar-refractivity contribution in [3.05, 3.63) is 12.2 Å². The Labute approximate surface area is 72.7 Å². The summed E-state index contributed by atoms with van der Waals surface area (Å²) in [5, 5.41) is 8.46. The van der Waals surface area contributed by atoms with Gasteiger partial charge in [-0.2, -0.15) is 0 Å². The molecule has 0 saturated carbocycles. The van der Waals surface area contributed by atoms with Crippen molar-refractivity contribution in [3.63, 3.8) is 0 Å². The van der Waals surface area contributed by atoms with Crippen LogP contribution < -0.4 is 0 Å². The first-order valence-electron chi connectivity index (χ1n) is 4.29. The number of carbonyl (C=O) groups is 1. The lowest BCUT2D eigenvalue weighted by molar-refractivity contribution is -0.137. The molecule has 0 atom stereocenters. The van der Waals surface area contributed by atoms with Crippen molar-refractivity contribution in [3.8, 4) is 0 Å². The fourth-order valence-electron chi connectivity index (χ4n) is 1.47. The molecule has 0 aliphatic carbocycles. The monoisotopic (exact) mass is 169 g/mol. The van der Waals surface area contributed by atoms with Crippen LogP contribution in [0.5, 0.6) is 0 Å². The number of likely N-dealkylation sites (tertiary alicyclic amines) is 1. The van der Waals surface area contributed by atoms with E-state index in [2.05, 4.69) is 11.5 Å². The molecular weight excluding hydrogens is 154 g/mol. The number of carboxylic acid groups (broad SMARTS) is 1. The standard InChI is InChI=1S/C9H15NO2/c1-8-3-2-5-10(7-8)6-4-9(11)12/h1-7H2,(H,11,12). The van der Waals surface area contributed by atoms with Crippen LogP contribution in [0.25, 0.3) is 0 Å². The Morgan fingerprint density at radius 3 is 3.00 bits per heavy atom. The molecule has 0 spiro atoms. The molecule has 0 unspecified atom stereocenters. The maximum atomic E-state index is 10.3. The zero-order valence-electron chi connectivity index (χ0n) is 7.25. The van der Waals surface area contributed by atoms with E-state index in [1.165, 1.54) is 5.57 Å². The van der Waals surface area contributed by atoms with E-state index in [1.807, 2.05) is 0 Å². The third kappa shape index (κ3) is 3.05. The fourth-order valence-corrected chi connectivity index (χ4v) is 1.47. The lowest BCUT2D eigenvalue weighted by atomic mass is 10.1. The smallest absolute Gasteiger partial charge is 0.304 e. The minimum atomic E-state index is -0.716. The summed E-state index contributed by atoms with van der Waals surface area (Å²) in [6.45, 7) is 6.47. The molecule has 1 N–H and O–H groups in total. The highest BCUT2D eigenvalue weighted by Gasteiger charge is 2.12. The summed E-state index contributed by atoms with van der Waals surface area (Å²) in [5.74, 6) is -0.716. The quantitative estimate of drug-likeness (QED) is 0.643. The molecule has 0 aromatic carbocycles. The highest BCUT2D eigenvalue weighted by molar-refractivity contribution is 5.66. The zero-order valence-corrected chi connectivity index (χ0v) is 7.25. The van der Waals surface area contributed by atoms with Crippen molar-refractivity contribution in [2.24, 2.45) is 0 Å². The van der Waals surface area contributed by atoms with Crippen LogP contribution in [-0.4, -0.2) is 35.6 Å². The van der Waals surface area contributed by atoms with Crippen molar-refractivity contribution < 1.29 is 9.90 Å². The Morgan fingerprint density at radius 1 is 1.67 bits per heavy atom. The summed E-state index contributed by atoms with van der Waals surface area (Å²) in [4.78, 5) is 12.4. The molecule has 3 heteroatoms. The van der Waals surface area contributed by atoms with Crippen LogP contribution in [0.2, 0.25) is 0 Å². The van der Waals surface area contributed by atoms with Gasteiger partial charge in [0.1, 0.15) is 0 Å². The Morgan fingerprint density at radius 2 is 2.42 bits per heavy atom. The largest absolute Gasteiger partial charge is 0.481 e. The van der Waals surface area contributed by atoms with Crippen LogP contribution in [0, 0.1) is 0 Å². The second kappa shape index (κ2) is 4.26. The third-order valence-corrected chi connectivity index (χ3v) is 2.09. The average molecular weight is 169 g/mol. The topological polar surface area (TPSA) is 40.5 Å². The van der Waals surface area contributed by atoms with Gasteiger partial charge in [0, 0.05) is 13.1 Å². The molecule has 12 heavy (non-hydrogen) atoms. The Kier molecular flexibility index (Phi) is 3.29. The van der Waals surface area contributed by atoms with Crippen molar-refractivity contribution in [2.75, 3.05) is 19.6 Å². The Bertz CT molecular complexity index is 189. The molecule has 3 nitrogen and oxygen atoms in total. The minimum absolute atomic E-state index is 0.243. The first kappa shape index (κ1) is 9.26. The van der Waals surface area contributed by atoms with Gasteiger partial charge in [-0.1, -0.05) is 12.2 Å². The average Bonchev–Trinajstić information content (AvgIpc) is 2.01. The van der Waals surface area contributed by atoms with Gasteiger partial charge in [-0.25, -0.2) is 0 Å². The third-order valence-electron chi connectivity index (χ3n) is 2.09. The summed E-state index contributed by atoms with van der Waals surface area (Å²) in [5.41, 5.74) is 1.23. The lowest BCUT2D eigenvalue weighted by Gasteiger charge is -2.27. The number of hydrogen-bond acceptors (Lipinski definition) is 2. The van der Waals surface area contributed by atoms with Crippen LogP contribution in [-0.2, 0) is 4.79 Å². The van der Waals surface area contributed by atoms with Crippen LogP contribution in [0.15, 0.2) is 12.2 Å². The summed E-state index contributed by atoms with van der Waals surface area (Å²) in [6.07, 6.45) is 2.47. The van der Waals surface area contributed by atoms with Gasteiger partial charge in [-0.15, -0.1) is 0 Å². The zero-order chi connectivity index (χ0) is 8.97. The summed E-state index contributed by atoms with van der Waals surface area (Å²) in [7, 11) is 0. The minimum Gasteiger partial charge on any atom is -0.481 e. The van der Waals surface area contributed by atoms with E-state index in [1.54, 1.807) is 0 Å². The highest BCUT2D eigenvalue weighted by atomic mass is 16.4. The molecule has 0 radical (unpaired) electrons. The lowest BCUT2D eigenvalue weighted by Crippen LogP contribution is -2.32. The first-order valence-corrected chi connectivity index (χ1v) is 4.29. The molecule has 1 rings (SSSR count). The molecule has 0 bridgehead atoms. The van der Waals surface area contributed by atoms with Gasteiger partial charge < -0.3 is 5.11 Å². The van der Waals surface area contributed by atoms with Crippen LogP contribution in [0.3, 0.4) is 0 Å². The molecule has 0 amide bonds. The van der Waals surface area contributed by atoms with Gasteiger partial charge in [0.25, 0.3) is 0 Å². The molecule has 0 aromatic rings. The second-order valence-corrected chi connectivity index (χ2v) is 3.27. The Hall–Kier alpha value is -0.830. The van der Waals surface area contributed by atoms with Gasteiger partial charge >= 0.3 is 5.97 Å². The van der Waals surface area contributed by atoms with Crippen molar-refractivity contribution in [1.82, 2.24) is 4.90 Å². The molecule has 0 aromatic heterocycles. The summed E-state index contributed by atoms with van der Waals surface area (Å²) < 4.78 is 0. The van der Waals surface area contributed by atoms with Crippen LogP contribution >= 0.6 is 0 Å². The van der Waals surface area contributed by atoms with E-state index in [0.717, 1.165) is 25.9 Å². The van der Waals surface area contributed by atoms with Gasteiger partial charge in [0.2, 0.25) is 0 Å². The van der Waals surface area contributed by atoms with Gasteiger partial charge in [-0.3, -0.25) is 9.69 Å². The number of nitrogens with zero attached hydrogens (tertiary/aromatic N) is 1. The highest BCUT2D eigenvalue weighted by Crippen LogP contribution is 2.13. The molecule has 1 saturated heterocycles. The number of carboxylic acids is 1. The maximum absolute atomic E-state index is 10.3. The maximum Gasteiger partial charge on any atom is 0.304 e. The number of rotatable bonds is 3. The fraction of sp³-hybridized carbons (Fsp3) is 0.667. The van der Waals surface area contributed by atoms with E-state index in [4.69, 9.17) is 5.11 Å². The van der Waals surface area contributed by atoms with E-state index in [-0.39, 0.29) is 6.42 Å². The van der Waals surface area contributed by atoms with Crippen molar-refractivity contribution in [1.29, 1.82) is 0 Å². The van der Waals surface area contributed by atoms with Gasteiger partial charge in [0.05, 0.1) is 6.42 Å². The normalized spacial score (nSPS) is 19.5. The molecule has 1 aliphatic heterocycles. The molecule has 1 aliphatic rings. The second-order valence-electron chi connectivity index (χ2n) is 3.27. The predicted molar refractivity (Wildman–Crippen MR) is 47.1 cm³/mol. The van der Waals surface area contributed by atoms with Crippen molar-refractivity contribution >= 4 is 5.97 Å². The van der Waals surface area contributed by atoms with Gasteiger partial charge in [0.15, 0.2) is 0 Å². The van der Waals surface area contributed by atoms with Crippen molar-refractivity contribution in [2.45, 2.75) is 19.3 Å². The SMILES string of the molecule is C=C1CCCN(CCC(=O)O)C1. The van der Waals surface area contributed by atoms with E-state index < -0.39 is 5.97 Å². The molecule has 68 valence electrons. The van der Waals surface area contributed by atoms with Gasteiger partial charge in [-0.05, 0) is 19.4 Å². The first-order chi connectivity index (χ1) is 5.68. The molecular formula is C9H15NO2. The van der Waals surface area contributed by atoms with Crippen LogP contribution in [0.4, 0.5) is 0 Å². The number of piperidine rings is 1. The predicted octanol–water partition coefficient (Wildman–Crippen LogP) is 1.11. The number of aliphatic carboxylic acids is 1. The van der Waals surface area contributed by atoms with E-state index in [0.29, 0.717) is 6.54 Å². The molecule has 1 heterocycles. The van der Waals surface area contributed by atoms with E-state index >= 15 is 0 Å². The molecule has 1 fully saturated rings. The summed E-state index contributed by atoms with van der Waals surface area (Å²) in [6, 6.07) is 0. The number of hydrogen-bond donors (Lipinski definition) is 1. The Balaban J connectivity index is 2.23.